The zero-order valence-corrected chi connectivity index (χ0v) is 11.0. The summed E-state index contributed by atoms with van der Waals surface area (Å²) < 4.78 is 10.3. The predicted octanol–water partition coefficient (Wildman–Crippen LogP) is 2.74. The number of hydrogen-bond donors (Lipinski definition) is 1. The molecule has 0 aliphatic rings. The normalized spacial score (nSPS) is 11.0. The van der Waals surface area contributed by atoms with Crippen molar-refractivity contribution >= 4 is 6.09 Å². The van der Waals surface area contributed by atoms with Crippen molar-refractivity contribution in [3.8, 4) is 0 Å². The summed E-state index contributed by atoms with van der Waals surface area (Å²) in [6.45, 7) is 9.82. The lowest BCUT2D eigenvalue weighted by atomic mass is 10.1. The van der Waals surface area contributed by atoms with Crippen LogP contribution in [-0.4, -0.2) is 17.3 Å². The fourth-order valence-electron chi connectivity index (χ4n) is 1.45. The minimum atomic E-state index is -0.421. The Labute approximate surface area is 102 Å². The summed E-state index contributed by atoms with van der Waals surface area (Å²) in [4.78, 5) is 11.4. The minimum absolute atomic E-state index is 0.0654. The second kappa shape index (κ2) is 5.70. The van der Waals surface area contributed by atoms with Crippen LogP contribution in [0.5, 0.6) is 0 Å². The number of carbonyl (C=O) groups excluding carboxylic acids is 1. The lowest BCUT2D eigenvalue weighted by Crippen LogP contribution is -2.30. The smallest absolute Gasteiger partial charge is 0.407 e. The largest absolute Gasteiger partial charge is 0.444 e. The fourth-order valence-corrected chi connectivity index (χ4v) is 1.45. The number of nitrogens with one attached hydrogen (secondary N) is 1. The van der Waals surface area contributed by atoms with Gasteiger partial charge in [-0.1, -0.05) is 19.0 Å². The molecule has 0 spiro atoms. The molecule has 0 unspecified atom stereocenters. The highest BCUT2D eigenvalue weighted by Gasteiger charge is 2.17. The summed E-state index contributed by atoms with van der Waals surface area (Å²) >= 11 is 0. The molecule has 0 aromatic carbocycles. The maximum absolute atomic E-state index is 11.4. The highest BCUT2D eigenvalue weighted by molar-refractivity contribution is 5.67. The Kier molecular flexibility index (Phi) is 4.54. The van der Waals surface area contributed by atoms with Gasteiger partial charge in [0.05, 0.1) is 11.3 Å². The first-order chi connectivity index (χ1) is 7.91. The molecule has 96 valence electrons. The molecule has 0 aliphatic carbocycles. The zero-order valence-electron chi connectivity index (χ0n) is 11.0. The maximum atomic E-state index is 11.4. The number of aryl methyl sites for hydroxylation is 1. The summed E-state index contributed by atoms with van der Waals surface area (Å²) in [5.41, 5.74) is 1.63. The molecule has 0 atom stereocenters. The topological polar surface area (TPSA) is 64.4 Å². The van der Waals surface area contributed by atoms with Gasteiger partial charge in [-0.05, 0) is 20.8 Å². The highest BCUT2D eigenvalue weighted by Crippen LogP contribution is 2.22. The van der Waals surface area contributed by atoms with Crippen molar-refractivity contribution in [3.63, 3.8) is 0 Å². The van der Waals surface area contributed by atoms with Crippen LogP contribution in [0.25, 0.3) is 0 Å². The van der Waals surface area contributed by atoms with Crippen LogP contribution in [0.1, 0.15) is 50.6 Å². The summed E-state index contributed by atoms with van der Waals surface area (Å²) in [5.74, 6) is 1.00. The van der Waals surface area contributed by atoms with Crippen molar-refractivity contribution in [2.24, 2.45) is 0 Å². The number of ether oxygens (including phenoxy) is 1. The fraction of sp³-hybridized carbons (Fsp3) is 0.667. The van der Waals surface area contributed by atoms with Crippen molar-refractivity contribution in [1.29, 1.82) is 0 Å². The Bertz CT molecular complexity index is 383. The Balaban J connectivity index is 2.62. The molecule has 0 aliphatic heterocycles. The van der Waals surface area contributed by atoms with Gasteiger partial charge < -0.3 is 14.6 Å². The first-order valence-corrected chi connectivity index (χ1v) is 5.80. The Hall–Kier alpha value is -1.52. The van der Waals surface area contributed by atoms with E-state index in [0.717, 1.165) is 17.0 Å². The molecule has 0 radical (unpaired) electrons. The number of aromatic nitrogens is 1. The van der Waals surface area contributed by atoms with Crippen LogP contribution in [0.2, 0.25) is 0 Å². The van der Waals surface area contributed by atoms with Crippen LogP contribution in [0.3, 0.4) is 0 Å². The van der Waals surface area contributed by atoms with E-state index in [2.05, 4.69) is 10.5 Å². The lowest BCUT2D eigenvalue weighted by molar-refractivity contribution is 0.136. The van der Waals surface area contributed by atoms with E-state index in [1.54, 1.807) is 0 Å². The molecule has 0 saturated carbocycles. The number of amides is 1. The van der Waals surface area contributed by atoms with E-state index in [1.807, 2.05) is 34.6 Å². The van der Waals surface area contributed by atoms with Gasteiger partial charge in [-0.3, -0.25) is 0 Å². The molecule has 1 aromatic rings. The molecule has 17 heavy (non-hydrogen) atoms. The second-order valence-electron chi connectivity index (χ2n) is 4.64. The first kappa shape index (κ1) is 13.5. The van der Waals surface area contributed by atoms with Crippen molar-refractivity contribution < 1.29 is 14.1 Å². The molecule has 1 aromatic heterocycles. The second-order valence-corrected chi connectivity index (χ2v) is 4.64. The summed E-state index contributed by atoms with van der Waals surface area (Å²) in [7, 11) is 0. The predicted molar refractivity (Wildman–Crippen MR) is 63.8 cm³/mol. The molecular weight excluding hydrogens is 220 g/mol. The third-order valence-corrected chi connectivity index (χ3v) is 2.29. The minimum Gasteiger partial charge on any atom is -0.444 e. The van der Waals surface area contributed by atoms with Crippen LogP contribution >= 0.6 is 0 Å². The third kappa shape index (κ3) is 3.76. The quantitative estimate of drug-likeness (QED) is 0.878. The molecule has 1 heterocycles. The van der Waals surface area contributed by atoms with Gasteiger partial charge in [0, 0.05) is 12.0 Å². The maximum Gasteiger partial charge on any atom is 0.407 e. The van der Waals surface area contributed by atoms with Crippen molar-refractivity contribution in [2.75, 3.05) is 0 Å². The SMILES string of the molecule is Cc1noc(C(C)C)c1COC(=O)NC(C)C. The van der Waals surface area contributed by atoms with Gasteiger partial charge in [0.1, 0.15) is 12.4 Å². The van der Waals surface area contributed by atoms with Crippen LogP contribution in [-0.2, 0) is 11.3 Å². The summed E-state index contributed by atoms with van der Waals surface area (Å²) in [6.07, 6.45) is -0.421. The average Bonchev–Trinajstić information content (AvgIpc) is 2.55. The van der Waals surface area contributed by atoms with Crippen LogP contribution in [0, 0.1) is 6.92 Å². The molecular formula is C12H20N2O3. The van der Waals surface area contributed by atoms with Gasteiger partial charge >= 0.3 is 6.09 Å². The number of carbonyl (C=O) groups is 1. The van der Waals surface area contributed by atoms with Gasteiger partial charge in [0.15, 0.2) is 0 Å². The lowest BCUT2D eigenvalue weighted by Gasteiger charge is -2.10. The highest BCUT2D eigenvalue weighted by atomic mass is 16.5. The van der Waals surface area contributed by atoms with Crippen molar-refractivity contribution in [2.45, 2.75) is 53.2 Å². The number of hydrogen-bond acceptors (Lipinski definition) is 4. The van der Waals surface area contributed by atoms with Gasteiger partial charge in [-0.15, -0.1) is 0 Å². The molecule has 1 amide bonds. The van der Waals surface area contributed by atoms with E-state index in [9.17, 15) is 4.79 Å². The molecule has 5 nitrogen and oxygen atoms in total. The van der Waals surface area contributed by atoms with E-state index < -0.39 is 6.09 Å². The van der Waals surface area contributed by atoms with E-state index >= 15 is 0 Å². The van der Waals surface area contributed by atoms with Crippen LogP contribution in [0.4, 0.5) is 4.79 Å². The Morgan fingerprint density at radius 1 is 1.41 bits per heavy atom. The Morgan fingerprint density at radius 2 is 2.06 bits per heavy atom. The van der Waals surface area contributed by atoms with E-state index in [4.69, 9.17) is 9.26 Å². The van der Waals surface area contributed by atoms with Crippen LogP contribution < -0.4 is 5.32 Å². The van der Waals surface area contributed by atoms with E-state index in [-0.39, 0.29) is 18.6 Å². The molecule has 0 bridgehead atoms. The van der Waals surface area contributed by atoms with Gasteiger partial charge in [-0.25, -0.2) is 4.79 Å². The standard InChI is InChI=1S/C12H20N2O3/c1-7(2)11-10(9(5)14-17-11)6-16-12(15)13-8(3)4/h7-8H,6H2,1-5H3,(H,13,15). The van der Waals surface area contributed by atoms with Gasteiger partial charge in [0.2, 0.25) is 0 Å². The molecule has 1 rings (SSSR count). The molecule has 0 saturated heterocycles. The van der Waals surface area contributed by atoms with Gasteiger partial charge in [-0.2, -0.15) is 0 Å². The molecule has 0 fully saturated rings. The number of nitrogens with zero attached hydrogens (tertiary/aromatic N) is 1. The average molecular weight is 240 g/mol. The molecule has 1 N–H and O–H groups in total. The molecule has 5 heteroatoms. The zero-order chi connectivity index (χ0) is 13.0. The number of alkyl carbamates (subject to hydrolysis) is 1. The summed E-state index contributed by atoms with van der Waals surface area (Å²) in [6, 6.07) is 0.0654. The number of rotatable bonds is 4. The third-order valence-electron chi connectivity index (χ3n) is 2.29. The Morgan fingerprint density at radius 3 is 2.59 bits per heavy atom. The van der Waals surface area contributed by atoms with E-state index in [0.29, 0.717) is 0 Å². The first-order valence-electron chi connectivity index (χ1n) is 5.80. The van der Waals surface area contributed by atoms with Crippen LogP contribution in [0.15, 0.2) is 4.52 Å². The van der Waals surface area contributed by atoms with Crippen molar-refractivity contribution in [1.82, 2.24) is 10.5 Å². The van der Waals surface area contributed by atoms with Crippen molar-refractivity contribution in [3.05, 3.63) is 17.0 Å². The monoisotopic (exact) mass is 240 g/mol. The van der Waals surface area contributed by atoms with Gasteiger partial charge in [0.25, 0.3) is 0 Å². The summed E-state index contributed by atoms with van der Waals surface area (Å²) in [5, 5.41) is 6.55. The van der Waals surface area contributed by atoms with E-state index in [1.165, 1.54) is 0 Å².